The average molecular weight is 302 g/mol. The first kappa shape index (κ1) is 14.4. The zero-order valence-electron chi connectivity index (χ0n) is 12.5. The number of hydrogen-bond acceptors (Lipinski definition) is 4. The molecule has 0 spiro atoms. The molecular formula is C16H22N4S. The van der Waals surface area contributed by atoms with Crippen molar-refractivity contribution in [1.82, 2.24) is 14.9 Å². The summed E-state index contributed by atoms with van der Waals surface area (Å²) >= 11 is 1.66. The lowest BCUT2D eigenvalue weighted by atomic mass is 9.89. The van der Waals surface area contributed by atoms with E-state index in [9.17, 15) is 0 Å². The van der Waals surface area contributed by atoms with Gasteiger partial charge in [0, 0.05) is 11.7 Å². The zero-order valence-corrected chi connectivity index (χ0v) is 13.3. The Morgan fingerprint density at radius 2 is 1.95 bits per heavy atom. The third-order valence-corrected chi connectivity index (χ3v) is 5.27. The van der Waals surface area contributed by atoms with Crippen LogP contribution in [-0.2, 0) is 5.75 Å². The maximum absolute atomic E-state index is 6.21. The molecule has 0 bridgehead atoms. The molecule has 1 heterocycles. The summed E-state index contributed by atoms with van der Waals surface area (Å²) in [7, 11) is 0. The zero-order chi connectivity index (χ0) is 14.7. The first-order valence-electron chi connectivity index (χ1n) is 7.63. The van der Waals surface area contributed by atoms with Gasteiger partial charge in [0.05, 0.1) is 0 Å². The first-order valence-corrected chi connectivity index (χ1v) is 8.62. The normalized spacial score (nSPS) is 16.2. The van der Waals surface area contributed by atoms with Gasteiger partial charge in [-0.3, -0.25) is 0 Å². The molecule has 1 aromatic carbocycles. The number of benzene rings is 1. The monoisotopic (exact) mass is 302 g/mol. The Bertz CT molecular complexity index is 602. The molecule has 0 atom stereocenters. The summed E-state index contributed by atoms with van der Waals surface area (Å²) in [5.74, 6) is 8.54. The predicted molar refractivity (Wildman–Crippen MR) is 86.7 cm³/mol. The minimum Gasteiger partial charge on any atom is -0.336 e. The van der Waals surface area contributed by atoms with E-state index in [0.717, 1.165) is 16.7 Å². The molecule has 112 valence electrons. The quantitative estimate of drug-likeness (QED) is 0.692. The Labute approximate surface area is 130 Å². The van der Waals surface area contributed by atoms with Crippen LogP contribution in [0.4, 0.5) is 0 Å². The molecule has 0 amide bonds. The highest BCUT2D eigenvalue weighted by molar-refractivity contribution is 7.98. The number of aryl methyl sites for hydroxylation is 1. The molecule has 2 N–H and O–H groups in total. The number of thioether (sulfide) groups is 1. The van der Waals surface area contributed by atoms with E-state index in [1.165, 1.54) is 43.2 Å². The van der Waals surface area contributed by atoms with Crippen LogP contribution < -0.4 is 5.84 Å². The molecule has 2 aromatic rings. The average Bonchev–Trinajstić information content (AvgIpc) is 2.88. The van der Waals surface area contributed by atoms with Gasteiger partial charge >= 0.3 is 0 Å². The van der Waals surface area contributed by atoms with Crippen LogP contribution in [0.15, 0.2) is 29.4 Å². The fourth-order valence-electron chi connectivity index (χ4n) is 2.94. The molecule has 21 heavy (non-hydrogen) atoms. The van der Waals surface area contributed by atoms with Gasteiger partial charge in [-0.25, -0.2) is 4.68 Å². The van der Waals surface area contributed by atoms with Gasteiger partial charge in [0.25, 0.3) is 0 Å². The van der Waals surface area contributed by atoms with Crippen molar-refractivity contribution in [1.29, 1.82) is 0 Å². The molecule has 4 nitrogen and oxygen atoms in total. The van der Waals surface area contributed by atoms with Crippen LogP contribution in [0.3, 0.4) is 0 Å². The number of nitrogens with zero attached hydrogens (tertiary/aromatic N) is 3. The van der Waals surface area contributed by atoms with Crippen molar-refractivity contribution < 1.29 is 0 Å². The number of nitrogens with two attached hydrogens (primary N) is 1. The third kappa shape index (κ3) is 3.23. The van der Waals surface area contributed by atoms with E-state index < -0.39 is 0 Å². The molecule has 3 rings (SSSR count). The van der Waals surface area contributed by atoms with Crippen LogP contribution in [0, 0.1) is 6.92 Å². The van der Waals surface area contributed by atoms with E-state index in [0.29, 0.717) is 5.92 Å². The summed E-state index contributed by atoms with van der Waals surface area (Å²) in [5, 5.41) is 9.45. The maximum atomic E-state index is 6.21. The van der Waals surface area contributed by atoms with Crippen molar-refractivity contribution in [2.24, 2.45) is 0 Å². The van der Waals surface area contributed by atoms with Crippen LogP contribution in [0.25, 0.3) is 0 Å². The minimum absolute atomic E-state index is 0.490. The molecule has 1 aromatic heterocycles. The van der Waals surface area contributed by atoms with E-state index in [4.69, 9.17) is 5.84 Å². The summed E-state index contributed by atoms with van der Waals surface area (Å²) in [5.41, 5.74) is 2.63. The van der Waals surface area contributed by atoms with E-state index in [2.05, 4.69) is 41.4 Å². The van der Waals surface area contributed by atoms with Crippen molar-refractivity contribution >= 4 is 11.8 Å². The van der Waals surface area contributed by atoms with Crippen LogP contribution in [0.1, 0.15) is 55.0 Å². The van der Waals surface area contributed by atoms with Gasteiger partial charge in [0.15, 0.2) is 5.82 Å². The minimum atomic E-state index is 0.490. The van der Waals surface area contributed by atoms with E-state index in [-0.39, 0.29) is 0 Å². The standard InChI is InChI=1S/C16H22N4S/c1-12-7-5-6-10-14(12)11-21-16-19-18-15(20(16)17)13-8-3-2-4-9-13/h5-7,10,13H,2-4,8-9,11,17H2,1H3. The van der Waals surface area contributed by atoms with Gasteiger partial charge in [-0.2, -0.15) is 0 Å². The molecule has 1 aliphatic carbocycles. The van der Waals surface area contributed by atoms with Crippen LogP contribution in [-0.4, -0.2) is 14.9 Å². The highest BCUT2D eigenvalue weighted by atomic mass is 32.2. The van der Waals surface area contributed by atoms with Gasteiger partial charge in [0.1, 0.15) is 0 Å². The van der Waals surface area contributed by atoms with Crippen LogP contribution in [0.5, 0.6) is 0 Å². The highest BCUT2D eigenvalue weighted by Crippen LogP contribution is 2.32. The number of nitrogen functional groups attached to an aromatic ring is 1. The molecule has 0 radical (unpaired) electrons. The number of rotatable bonds is 4. The van der Waals surface area contributed by atoms with Gasteiger partial charge in [-0.15, -0.1) is 10.2 Å². The van der Waals surface area contributed by atoms with Crippen LogP contribution >= 0.6 is 11.8 Å². The smallest absolute Gasteiger partial charge is 0.210 e. The maximum Gasteiger partial charge on any atom is 0.210 e. The SMILES string of the molecule is Cc1ccccc1CSc1nnc(C2CCCCC2)n1N. The van der Waals surface area contributed by atoms with Crippen molar-refractivity contribution in [2.45, 2.75) is 55.9 Å². The van der Waals surface area contributed by atoms with Gasteiger partial charge in [-0.05, 0) is 30.9 Å². The molecule has 0 unspecified atom stereocenters. The lowest BCUT2D eigenvalue weighted by Gasteiger charge is -2.20. The lowest BCUT2D eigenvalue weighted by molar-refractivity contribution is 0.421. The topological polar surface area (TPSA) is 56.7 Å². The molecule has 5 heteroatoms. The lowest BCUT2D eigenvalue weighted by Crippen LogP contribution is -2.18. The third-order valence-electron chi connectivity index (χ3n) is 4.28. The second kappa shape index (κ2) is 6.52. The van der Waals surface area contributed by atoms with Gasteiger partial charge in [0.2, 0.25) is 5.16 Å². The Morgan fingerprint density at radius 3 is 2.71 bits per heavy atom. The molecular weight excluding hydrogens is 280 g/mol. The molecule has 1 aliphatic rings. The van der Waals surface area contributed by atoms with E-state index in [1.807, 2.05) is 0 Å². The summed E-state index contributed by atoms with van der Waals surface area (Å²) in [4.78, 5) is 0. The second-order valence-electron chi connectivity index (χ2n) is 5.76. The molecule has 1 fully saturated rings. The molecule has 1 saturated carbocycles. The van der Waals surface area contributed by atoms with Crippen molar-refractivity contribution in [3.63, 3.8) is 0 Å². The van der Waals surface area contributed by atoms with Crippen molar-refractivity contribution in [2.75, 3.05) is 5.84 Å². The van der Waals surface area contributed by atoms with E-state index in [1.54, 1.807) is 16.4 Å². The van der Waals surface area contributed by atoms with Crippen LogP contribution in [0.2, 0.25) is 0 Å². The Kier molecular flexibility index (Phi) is 4.48. The fraction of sp³-hybridized carbons (Fsp3) is 0.500. The number of hydrogen-bond donors (Lipinski definition) is 1. The highest BCUT2D eigenvalue weighted by Gasteiger charge is 2.22. The Hall–Kier alpha value is -1.49. The fourth-order valence-corrected chi connectivity index (χ4v) is 3.88. The largest absolute Gasteiger partial charge is 0.336 e. The molecule has 0 aliphatic heterocycles. The van der Waals surface area contributed by atoms with Gasteiger partial charge in [-0.1, -0.05) is 55.3 Å². The summed E-state index contributed by atoms with van der Waals surface area (Å²) in [6, 6.07) is 8.43. The molecule has 0 saturated heterocycles. The van der Waals surface area contributed by atoms with Crippen molar-refractivity contribution in [3.8, 4) is 0 Å². The predicted octanol–water partition coefficient (Wildman–Crippen LogP) is 3.64. The summed E-state index contributed by atoms with van der Waals surface area (Å²) < 4.78 is 1.71. The van der Waals surface area contributed by atoms with Gasteiger partial charge < -0.3 is 5.84 Å². The first-order chi connectivity index (χ1) is 10.3. The Morgan fingerprint density at radius 1 is 1.19 bits per heavy atom. The second-order valence-corrected chi connectivity index (χ2v) is 6.70. The van der Waals surface area contributed by atoms with Crippen molar-refractivity contribution in [3.05, 3.63) is 41.2 Å². The van der Waals surface area contributed by atoms with E-state index >= 15 is 0 Å². The number of aromatic nitrogens is 3. The summed E-state index contributed by atoms with van der Waals surface area (Å²) in [6.07, 6.45) is 6.28. The summed E-state index contributed by atoms with van der Waals surface area (Å²) in [6.45, 7) is 2.14. The Balaban J connectivity index is 1.69.